The molecule has 10 heteroatoms. The van der Waals surface area contributed by atoms with Gasteiger partial charge in [0.2, 0.25) is 0 Å². The molecule has 2 aliphatic heterocycles. The normalized spacial score (nSPS) is 15.8. The van der Waals surface area contributed by atoms with Crippen LogP contribution in [0.1, 0.15) is 27.3 Å². The van der Waals surface area contributed by atoms with Gasteiger partial charge in [0.25, 0.3) is 5.91 Å². The first kappa shape index (κ1) is 21.0. The monoisotopic (exact) mass is 455 g/mol. The lowest BCUT2D eigenvalue weighted by molar-refractivity contribution is -0.141. The summed E-state index contributed by atoms with van der Waals surface area (Å²) in [7, 11) is 1.49. The summed E-state index contributed by atoms with van der Waals surface area (Å²) in [5, 5.41) is 7.00. The highest BCUT2D eigenvalue weighted by Gasteiger charge is 2.43. The van der Waals surface area contributed by atoms with Crippen LogP contribution in [0, 0.1) is 0 Å². The minimum absolute atomic E-state index is 0.0437. The number of hydrogen-bond donors (Lipinski definition) is 1. The van der Waals surface area contributed by atoms with Crippen molar-refractivity contribution in [3.63, 3.8) is 0 Å². The number of ether oxygens (including phenoxy) is 1. The summed E-state index contributed by atoms with van der Waals surface area (Å²) in [5.74, 6) is 0.811. The smallest absolute Gasteiger partial charge is 0.435 e. The number of amides is 1. The number of benzene rings is 2. The Morgan fingerprint density at radius 2 is 1.73 bits per heavy atom. The van der Waals surface area contributed by atoms with Gasteiger partial charge in [-0.2, -0.15) is 18.3 Å². The SMILES string of the molecule is COc1ccc(-n2nc(C(F)(F)F)c3c2C(=O)N(c2ccc(C4=NCCN4)cc2)CC3)cc1. The number of anilines is 1. The number of methoxy groups -OCH3 is 1. The molecule has 5 rings (SSSR count). The Bertz CT molecular complexity index is 1230. The highest BCUT2D eigenvalue weighted by Crippen LogP contribution is 2.37. The predicted octanol–water partition coefficient (Wildman–Crippen LogP) is 3.45. The van der Waals surface area contributed by atoms with Crippen molar-refractivity contribution in [3.8, 4) is 11.4 Å². The Morgan fingerprint density at radius 3 is 2.33 bits per heavy atom. The van der Waals surface area contributed by atoms with Gasteiger partial charge in [-0.15, -0.1) is 0 Å². The third-order valence-corrected chi connectivity index (χ3v) is 5.73. The molecule has 0 fully saturated rings. The fourth-order valence-electron chi connectivity index (χ4n) is 4.13. The summed E-state index contributed by atoms with van der Waals surface area (Å²) >= 11 is 0. The first-order valence-electron chi connectivity index (χ1n) is 10.4. The molecule has 2 aliphatic rings. The molecule has 0 saturated heterocycles. The molecular formula is C23H20F3N5O2. The molecule has 170 valence electrons. The molecule has 0 aliphatic carbocycles. The summed E-state index contributed by atoms with van der Waals surface area (Å²) < 4.78 is 47.4. The molecule has 7 nitrogen and oxygen atoms in total. The first-order valence-corrected chi connectivity index (χ1v) is 10.4. The lowest BCUT2D eigenvalue weighted by Gasteiger charge is -2.28. The second-order valence-corrected chi connectivity index (χ2v) is 7.69. The van der Waals surface area contributed by atoms with E-state index in [0.717, 1.165) is 22.6 Å². The molecule has 0 radical (unpaired) electrons. The zero-order chi connectivity index (χ0) is 23.2. The number of carbonyl (C=O) groups excluding carboxylic acids is 1. The van der Waals surface area contributed by atoms with Gasteiger partial charge in [0.05, 0.1) is 19.3 Å². The summed E-state index contributed by atoms with van der Waals surface area (Å²) in [6.45, 7) is 1.62. The van der Waals surface area contributed by atoms with Gasteiger partial charge in [0, 0.05) is 29.9 Å². The fraction of sp³-hybridized carbons (Fsp3) is 0.261. The summed E-state index contributed by atoms with van der Waals surface area (Å²) in [6, 6.07) is 13.6. The van der Waals surface area contributed by atoms with E-state index in [9.17, 15) is 18.0 Å². The van der Waals surface area contributed by atoms with Gasteiger partial charge in [-0.05, 0) is 55.0 Å². The zero-order valence-corrected chi connectivity index (χ0v) is 17.7. The van der Waals surface area contributed by atoms with Gasteiger partial charge in [0.1, 0.15) is 17.3 Å². The lowest BCUT2D eigenvalue weighted by Crippen LogP contribution is -2.39. The first-order chi connectivity index (χ1) is 15.9. The minimum atomic E-state index is -4.67. The van der Waals surface area contributed by atoms with Gasteiger partial charge in [-0.25, -0.2) is 4.68 Å². The number of fused-ring (bicyclic) bond motifs is 1. The average Bonchev–Trinajstić information content (AvgIpc) is 3.48. The molecule has 0 spiro atoms. The molecule has 0 bridgehead atoms. The Kier molecular flexibility index (Phi) is 5.07. The van der Waals surface area contributed by atoms with Gasteiger partial charge in [-0.1, -0.05) is 0 Å². The van der Waals surface area contributed by atoms with E-state index in [1.165, 1.54) is 12.0 Å². The number of aliphatic imine (C=N–C) groups is 1. The second kappa shape index (κ2) is 7.95. The van der Waals surface area contributed by atoms with Gasteiger partial charge in [-0.3, -0.25) is 9.79 Å². The molecule has 3 aromatic rings. The van der Waals surface area contributed by atoms with Crippen molar-refractivity contribution in [2.75, 3.05) is 31.6 Å². The maximum atomic E-state index is 13.7. The van der Waals surface area contributed by atoms with E-state index in [2.05, 4.69) is 15.4 Å². The van der Waals surface area contributed by atoms with Crippen molar-refractivity contribution in [3.05, 3.63) is 71.0 Å². The Balaban J connectivity index is 1.54. The molecular weight excluding hydrogens is 435 g/mol. The second-order valence-electron chi connectivity index (χ2n) is 7.69. The van der Waals surface area contributed by atoms with Crippen LogP contribution in [0.25, 0.3) is 5.69 Å². The number of carbonyl (C=O) groups is 1. The highest BCUT2D eigenvalue weighted by molar-refractivity contribution is 6.08. The maximum Gasteiger partial charge on any atom is 0.435 e. The Hall–Kier alpha value is -3.82. The summed E-state index contributed by atoms with van der Waals surface area (Å²) in [5.41, 5.74) is 0.652. The number of halogens is 3. The van der Waals surface area contributed by atoms with Crippen molar-refractivity contribution >= 4 is 17.4 Å². The standard InChI is InChI=1S/C23H20F3N5O2/c1-33-17-8-6-16(7-9-17)31-19-18(20(29-31)23(24,25)26)10-13-30(22(19)32)15-4-2-14(3-5-15)21-27-11-12-28-21/h2-9H,10-13H2,1H3,(H,27,28). The molecule has 0 unspecified atom stereocenters. The van der Waals surface area contributed by atoms with Crippen LogP contribution >= 0.6 is 0 Å². The number of nitrogens with one attached hydrogen (secondary N) is 1. The van der Waals surface area contributed by atoms with Crippen LogP contribution in [0.5, 0.6) is 5.75 Å². The van der Waals surface area contributed by atoms with Crippen LogP contribution in [0.4, 0.5) is 18.9 Å². The van der Waals surface area contributed by atoms with E-state index < -0.39 is 17.8 Å². The maximum absolute atomic E-state index is 13.7. The van der Waals surface area contributed by atoms with Crippen LogP contribution in [0.3, 0.4) is 0 Å². The zero-order valence-electron chi connectivity index (χ0n) is 17.7. The molecule has 1 N–H and O–H groups in total. The van der Waals surface area contributed by atoms with Crippen molar-refractivity contribution in [2.45, 2.75) is 12.6 Å². The fourth-order valence-corrected chi connectivity index (χ4v) is 4.13. The summed E-state index contributed by atoms with van der Waals surface area (Å²) in [4.78, 5) is 19.3. The minimum Gasteiger partial charge on any atom is -0.497 e. The van der Waals surface area contributed by atoms with Crippen molar-refractivity contribution in [1.29, 1.82) is 0 Å². The number of aromatic nitrogens is 2. The highest BCUT2D eigenvalue weighted by atomic mass is 19.4. The number of amidine groups is 1. The van der Waals surface area contributed by atoms with Crippen LogP contribution < -0.4 is 15.0 Å². The van der Waals surface area contributed by atoms with Gasteiger partial charge < -0.3 is 15.0 Å². The van der Waals surface area contributed by atoms with E-state index in [0.29, 0.717) is 23.7 Å². The summed E-state index contributed by atoms with van der Waals surface area (Å²) in [6.07, 6.45) is -4.62. The third-order valence-electron chi connectivity index (χ3n) is 5.73. The quantitative estimate of drug-likeness (QED) is 0.654. The molecule has 0 saturated carbocycles. The lowest BCUT2D eigenvalue weighted by atomic mass is 10.0. The van der Waals surface area contributed by atoms with E-state index in [1.807, 2.05) is 12.1 Å². The van der Waals surface area contributed by atoms with Crippen molar-refractivity contribution in [1.82, 2.24) is 15.1 Å². The number of rotatable bonds is 4. The van der Waals surface area contributed by atoms with E-state index in [4.69, 9.17) is 4.74 Å². The third kappa shape index (κ3) is 3.71. The van der Waals surface area contributed by atoms with Crippen LogP contribution in [0.2, 0.25) is 0 Å². The average molecular weight is 455 g/mol. The van der Waals surface area contributed by atoms with Gasteiger partial charge in [0.15, 0.2) is 5.69 Å². The van der Waals surface area contributed by atoms with E-state index in [-0.39, 0.29) is 24.2 Å². The molecule has 2 aromatic carbocycles. The van der Waals surface area contributed by atoms with Crippen LogP contribution in [-0.4, -0.2) is 48.3 Å². The van der Waals surface area contributed by atoms with Crippen LogP contribution in [-0.2, 0) is 12.6 Å². The largest absolute Gasteiger partial charge is 0.497 e. The molecule has 1 amide bonds. The molecule has 33 heavy (non-hydrogen) atoms. The number of alkyl halides is 3. The van der Waals surface area contributed by atoms with E-state index in [1.54, 1.807) is 36.4 Å². The van der Waals surface area contributed by atoms with E-state index >= 15 is 0 Å². The predicted molar refractivity (Wildman–Crippen MR) is 116 cm³/mol. The molecule has 1 aromatic heterocycles. The molecule has 0 atom stereocenters. The number of hydrogen-bond acceptors (Lipinski definition) is 5. The van der Waals surface area contributed by atoms with Crippen molar-refractivity contribution in [2.24, 2.45) is 4.99 Å². The van der Waals surface area contributed by atoms with Gasteiger partial charge >= 0.3 is 6.18 Å². The number of nitrogens with zero attached hydrogens (tertiary/aromatic N) is 4. The topological polar surface area (TPSA) is 71.8 Å². The van der Waals surface area contributed by atoms with Crippen LogP contribution in [0.15, 0.2) is 53.5 Å². The Morgan fingerprint density at radius 1 is 1.03 bits per heavy atom. The Labute approximate surface area is 187 Å². The van der Waals surface area contributed by atoms with Crippen molar-refractivity contribution < 1.29 is 22.7 Å². The molecule has 3 heterocycles.